The number of ether oxygens (including phenoxy) is 2. The van der Waals surface area contributed by atoms with Crippen LogP contribution in [0.25, 0.3) is 0 Å². The molecule has 3 aliphatic rings. The van der Waals surface area contributed by atoms with Crippen LogP contribution >= 0.6 is 0 Å². The summed E-state index contributed by atoms with van der Waals surface area (Å²) >= 11 is 0. The number of hydrogen-bond donors (Lipinski definition) is 1. The molecule has 3 fully saturated rings. The van der Waals surface area contributed by atoms with E-state index in [0.29, 0.717) is 18.9 Å². The molecule has 0 aliphatic heterocycles. The third kappa shape index (κ3) is 2.47. The Balaban J connectivity index is 2.16. The molecule has 0 saturated heterocycles. The lowest BCUT2D eigenvalue weighted by molar-refractivity contribution is -0.194. The molecule has 0 aromatic rings. The summed E-state index contributed by atoms with van der Waals surface area (Å²) in [5, 5.41) is 11.4. The lowest BCUT2D eigenvalue weighted by atomic mass is 9.44. The molecule has 144 valence electrons. The maximum Gasteiger partial charge on any atom is 0.144 e. The molecule has 3 saturated carbocycles. The number of methoxy groups -OCH3 is 2. The van der Waals surface area contributed by atoms with E-state index in [0.717, 1.165) is 25.7 Å². The Labute approximate surface area is 152 Å². The van der Waals surface area contributed by atoms with Gasteiger partial charge in [-0.05, 0) is 49.4 Å². The molecule has 1 N–H and O–H groups in total. The Morgan fingerprint density at radius 2 is 1.80 bits per heavy atom. The smallest absolute Gasteiger partial charge is 0.144 e. The predicted molar refractivity (Wildman–Crippen MR) is 97.2 cm³/mol. The van der Waals surface area contributed by atoms with Crippen LogP contribution in [-0.4, -0.2) is 43.9 Å². The van der Waals surface area contributed by atoms with Crippen molar-refractivity contribution in [2.45, 2.75) is 72.0 Å². The van der Waals surface area contributed by atoms with E-state index in [-0.39, 0.29) is 34.6 Å². The zero-order chi connectivity index (χ0) is 18.6. The Bertz CT molecular complexity index is 534. The van der Waals surface area contributed by atoms with Crippen LogP contribution in [0.2, 0.25) is 0 Å². The van der Waals surface area contributed by atoms with Gasteiger partial charge in [0.05, 0.1) is 24.2 Å². The molecule has 0 amide bonds. The van der Waals surface area contributed by atoms with Gasteiger partial charge in [0.25, 0.3) is 0 Å². The van der Waals surface area contributed by atoms with E-state index in [2.05, 4.69) is 20.8 Å². The molecule has 3 unspecified atom stereocenters. The van der Waals surface area contributed by atoms with E-state index in [1.807, 2.05) is 6.92 Å². The van der Waals surface area contributed by atoms with Crippen molar-refractivity contribution in [1.82, 2.24) is 0 Å². The van der Waals surface area contributed by atoms with Crippen molar-refractivity contribution in [1.29, 1.82) is 0 Å². The third-order valence-electron chi connectivity index (χ3n) is 8.64. The molecule has 4 nitrogen and oxygen atoms in total. The van der Waals surface area contributed by atoms with E-state index in [1.165, 1.54) is 0 Å². The number of Topliss-reactive ketones (excluding diaryl/α,β-unsaturated/α-hetero) is 1. The van der Waals surface area contributed by atoms with Crippen molar-refractivity contribution >= 4 is 5.78 Å². The summed E-state index contributed by atoms with van der Waals surface area (Å²) in [5.41, 5.74) is -0.885. The first kappa shape index (κ1) is 19.3. The van der Waals surface area contributed by atoms with Crippen molar-refractivity contribution in [2.24, 2.45) is 34.0 Å². The van der Waals surface area contributed by atoms with Crippen LogP contribution < -0.4 is 0 Å². The van der Waals surface area contributed by atoms with E-state index in [1.54, 1.807) is 14.2 Å². The highest BCUT2D eigenvalue weighted by Crippen LogP contribution is 2.68. The van der Waals surface area contributed by atoms with Gasteiger partial charge in [-0.15, -0.1) is 0 Å². The summed E-state index contributed by atoms with van der Waals surface area (Å²) in [7, 11) is 3.44. The Hall–Kier alpha value is -0.450. The Morgan fingerprint density at radius 1 is 1.16 bits per heavy atom. The van der Waals surface area contributed by atoms with Gasteiger partial charge in [-0.3, -0.25) is 4.79 Å². The zero-order valence-electron chi connectivity index (χ0n) is 16.8. The number of carbonyl (C=O) groups excluding carboxylic acids is 1. The van der Waals surface area contributed by atoms with Gasteiger partial charge < -0.3 is 14.6 Å². The molecule has 0 heterocycles. The second-order valence-corrected chi connectivity index (χ2v) is 9.63. The Morgan fingerprint density at radius 3 is 2.40 bits per heavy atom. The number of rotatable bonds is 3. The molecule has 3 rings (SSSR count). The maximum absolute atomic E-state index is 13.5. The summed E-state index contributed by atoms with van der Waals surface area (Å²) < 4.78 is 11.3. The maximum atomic E-state index is 13.5. The molecule has 8 atom stereocenters. The quantitative estimate of drug-likeness (QED) is 0.845. The molecule has 0 aromatic carbocycles. The number of aliphatic hydroxyl groups is 1. The normalized spacial score (nSPS) is 53.2. The number of carbonyl (C=O) groups is 1. The summed E-state index contributed by atoms with van der Waals surface area (Å²) in [6.45, 7) is 9.04. The minimum atomic E-state index is -0.616. The van der Waals surface area contributed by atoms with Gasteiger partial charge in [0, 0.05) is 25.6 Å². The van der Waals surface area contributed by atoms with Crippen LogP contribution in [0.15, 0.2) is 0 Å². The highest BCUT2D eigenvalue weighted by atomic mass is 16.5. The average Bonchev–Trinajstić information content (AvgIpc) is 2.97. The number of aliphatic hydroxyl groups excluding tert-OH is 1. The summed E-state index contributed by atoms with van der Waals surface area (Å²) in [6.07, 6.45) is 4.28. The lowest BCUT2D eigenvalue weighted by Crippen LogP contribution is -2.62. The summed E-state index contributed by atoms with van der Waals surface area (Å²) in [6, 6.07) is 0. The van der Waals surface area contributed by atoms with Gasteiger partial charge in [0.1, 0.15) is 5.78 Å². The van der Waals surface area contributed by atoms with Crippen LogP contribution in [0.3, 0.4) is 0 Å². The van der Waals surface area contributed by atoms with Crippen LogP contribution in [0.1, 0.15) is 59.8 Å². The molecule has 3 aliphatic carbocycles. The van der Waals surface area contributed by atoms with E-state index in [4.69, 9.17) is 9.47 Å². The standard InChI is InChI=1S/C21H36O4/c1-13-7-9-21-10-8-15(25-6)17(21)20(13,4)16(22)11-19(3,12-24-5)18(23)14(21)2/h13-17,22H,7-12H2,1-6H3/t13-,14+,15?,16-,17?,19+,20+,21?/m1/s1. The predicted octanol–water partition coefficient (Wildman–Crippen LogP) is 3.46. The highest BCUT2D eigenvalue weighted by molar-refractivity contribution is 5.87. The molecular weight excluding hydrogens is 316 g/mol. The van der Waals surface area contributed by atoms with Crippen molar-refractivity contribution in [3.8, 4) is 0 Å². The molecule has 25 heavy (non-hydrogen) atoms. The fraction of sp³-hybridized carbons (Fsp3) is 0.952. The largest absolute Gasteiger partial charge is 0.393 e. The first-order chi connectivity index (χ1) is 11.7. The number of ketones is 1. The molecular formula is C21H36O4. The molecule has 4 heteroatoms. The van der Waals surface area contributed by atoms with Crippen LogP contribution in [0, 0.1) is 34.0 Å². The van der Waals surface area contributed by atoms with Crippen LogP contribution in [0.5, 0.6) is 0 Å². The fourth-order valence-electron chi connectivity index (χ4n) is 6.98. The van der Waals surface area contributed by atoms with Crippen molar-refractivity contribution in [3.63, 3.8) is 0 Å². The highest BCUT2D eigenvalue weighted by Gasteiger charge is 2.67. The minimum absolute atomic E-state index is 0.0166. The molecule has 0 aromatic heterocycles. The first-order valence-corrected chi connectivity index (χ1v) is 9.91. The van der Waals surface area contributed by atoms with Crippen LogP contribution in [-0.2, 0) is 14.3 Å². The summed E-state index contributed by atoms with van der Waals surface area (Å²) in [5.74, 6) is 0.919. The van der Waals surface area contributed by atoms with Crippen molar-refractivity contribution < 1.29 is 19.4 Å². The fourth-order valence-corrected chi connectivity index (χ4v) is 6.98. The summed E-state index contributed by atoms with van der Waals surface area (Å²) in [4.78, 5) is 13.5. The minimum Gasteiger partial charge on any atom is -0.393 e. The SMILES string of the molecule is COC[C@]1(C)C[C@@H](O)[C@@]2(C)C3C(OC)CCC3(CC[C@H]2C)[C@@H](C)C1=O. The lowest BCUT2D eigenvalue weighted by Gasteiger charge is -2.61. The van der Waals surface area contributed by atoms with E-state index in [9.17, 15) is 9.90 Å². The zero-order valence-corrected chi connectivity index (χ0v) is 16.8. The van der Waals surface area contributed by atoms with Gasteiger partial charge in [-0.1, -0.05) is 27.7 Å². The molecule has 0 spiro atoms. The van der Waals surface area contributed by atoms with Crippen molar-refractivity contribution in [3.05, 3.63) is 0 Å². The molecule has 0 radical (unpaired) electrons. The second-order valence-electron chi connectivity index (χ2n) is 9.63. The van der Waals surface area contributed by atoms with Gasteiger partial charge >= 0.3 is 0 Å². The van der Waals surface area contributed by atoms with Crippen LogP contribution in [0.4, 0.5) is 0 Å². The third-order valence-corrected chi connectivity index (χ3v) is 8.64. The molecule has 2 bridgehead atoms. The van der Waals surface area contributed by atoms with Gasteiger partial charge in [-0.2, -0.15) is 0 Å². The second kappa shape index (κ2) is 6.31. The average molecular weight is 353 g/mol. The number of hydrogen-bond acceptors (Lipinski definition) is 4. The van der Waals surface area contributed by atoms with E-state index >= 15 is 0 Å². The monoisotopic (exact) mass is 352 g/mol. The first-order valence-electron chi connectivity index (χ1n) is 9.91. The van der Waals surface area contributed by atoms with E-state index < -0.39 is 11.5 Å². The topological polar surface area (TPSA) is 55.8 Å². The van der Waals surface area contributed by atoms with Gasteiger partial charge in [0.15, 0.2) is 0 Å². The Kier molecular flexibility index (Phi) is 4.88. The van der Waals surface area contributed by atoms with Gasteiger partial charge in [0.2, 0.25) is 0 Å². The van der Waals surface area contributed by atoms with Gasteiger partial charge in [-0.25, -0.2) is 0 Å². The van der Waals surface area contributed by atoms with Crippen molar-refractivity contribution in [2.75, 3.05) is 20.8 Å².